The maximum atomic E-state index is 12.3. The Bertz CT molecular complexity index is 721. The van der Waals surface area contributed by atoms with Gasteiger partial charge in [-0.1, -0.05) is 29.8 Å². The van der Waals surface area contributed by atoms with Crippen molar-refractivity contribution in [2.75, 3.05) is 19.4 Å². The molecule has 2 aromatic rings. The van der Waals surface area contributed by atoms with E-state index in [1.165, 1.54) is 19.2 Å². The molecule has 0 amide bonds. The zero-order valence-electron chi connectivity index (χ0n) is 12.0. The molecule has 0 aliphatic carbocycles. The first-order chi connectivity index (χ1) is 10.5. The van der Waals surface area contributed by atoms with E-state index in [9.17, 15) is 8.42 Å². The van der Waals surface area contributed by atoms with Crippen molar-refractivity contribution in [3.8, 4) is 5.75 Å². The van der Waals surface area contributed by atoms with Crippen molar-refractivity contribution in [2.24, 2.45) is 0 Å². The lowest BCUT2D eigenvalue weighted by Crippen LogP contribution is -2.26. The van der Waals surface area contributed by atoms with Gasteiger partial charge in [0.15, 0.2) is 0 Å². The van der Waals surface area contributed by atoms with E-state index in [1.54, 1.807) is 17.8 Å². The number of hydrogen-bond donors (Lipinski definition) is 1. The van der Waals surface area contributed by atoms with E-state index in [-0.39, 0.29) is 10.6 Å². The summed E-state index contributed by atoms with van der Waals surface area (Å²) >= 11 is 7.45. The summed E-state index contributed by atoms with van der Waals surface area (Å²) in [6.07, 6.45) is 0. The van der Waals surface area contributed by atoms with Gasteiger partial charge in [0.25, 0.3) is 0 Å². The second-order valence-electron chi connectivity index (χ2n) is 4.35. The number of nitrogens with one attached hydrogen (secondary N) is 1. The fraction of sp³-hybridized carbons (Fsp3) is 0.200. The van der Waals surface area contributed by atoms with Gasteiger partial charge in [0.1, 0.15) is 10.6 Å². The molecule has 0 unspecified atom stereocenters. The first kappa shape index (κ1) is 17.1. The summed E-state index contributed by atoms with van der Waals surface area (Å²) in [5.41, 5.74) is 0. The van der Waals surface area contributed by atoms with Gasteiger partial charge in [0.2, 0.25) is 10.0 Å². The third kappa shape index (κ3) is 4.64. The van der Waals surface area contributed by atoms with Gasteiger partial charge in [-0.3, -0.25) is 0 Å². The number of ether oxygens (including phenoxy) is 1. The molecule has 0 aliphatic heterocycles. The van der Waals surface area contributed by atoms with Gasteiger partial charge in [0, 0.05) is 22.2 Å². The van der Waals surface area contributed by atoms with Crippen LogP contribution < -0.4 is 9.46 Å². The first-order valence-corrected chi connectivity index (χ1v) is 9.38. The van der Waals surface area contributed by atoms with Crippen LogP contribution in [0.15, 0.2) is 58.3 Å². The summed E-state index contributed by atoms with van der Waals surface area (Å²) in [6, 6.07) is 14.3. The Kier molecular flexibility index (Phi) is 6.14. The molecule has 4 nitrogen and oxygen atoms in total. The van der Waals surface area contributed by atoms with Crippen LogP contribution >= 0.6 is 23.4 Å². The minimum absolute atomic E-state index is 0.0483. The Labute approximate surface area is 139 Å². The molecule has 0 atom stereocenters. The fourth-order valence-electron chi connectivity index (χ4n) is 1.80. The van der Waals surface area contributed by atoms with E-state index < -0.39 is 10.0 Å². The van der Waals surface area contributed by atoms with Crippen LogP contribution in [0.1, 0.15) is 0 Å². The predicted octanol–water partition coefficient (Wildman–Crippen LogP) is 3.42. The smallest absolute Gasteiger partial charge is 0.244 e. The van der Waals surface area contributed by atoms with Crippen LogP contribution in [0.25, 0.3) is 0 Å². The van der Waals surface area contributed by atoms with Crippen LogP contribution in [0.2, 0.25) is 5.02 Å². The molecular weight excluding hydrogens is 342 g/mol. The van der Waals surface area contributed by atoms with Gasteiger partial charge in [-0.15, -0.1) is 11.8 Å². The van der Waals surface area contributed by atoms with E-state index in [1.807, 2.05) is 30.3 Å². The van der Waals surface area contributed by atoms with Crippen LogP contribution in [0.3, 0.4) is 0 Å². The number of halogens is 1. The molecule has 1 N–H and O–H groups in total. The van der Waals surface area contributed by atoms with Crippen molar-refractivity contribution in [1.29, 1.82) is 0 Å². The lowest BCUT2D eigenvalue weighted by molar-refractivity contribution is 0.402. The summed E-state index contributed by atoms with van der Waals surface area (Å²) in [5, 5.41) is 0.347. The van der Waals surface area contributed by atoms with Crippen molar-refractivity contribution < 1.29 is 13.2 Å². The maximum absolute atomic E-state index is 12.3. The first-order valence-electron chi connectivity index (χ1n) is 6.54. The highest BCUT2D eigenvalue weighted by atomic mass is 35.5. The van der Waals surface area contributed by atoms with E-state index >= 15 is 0 Å². The van der Waals surface area contributed by atoms with E-state index in [2.05, 4.69) is 4.72 Å². The SMILES string of the molecule is COc1ccc(Cl)cc1S(=O)(=O)NCCSc1ccccc1. The Morgan fingerprint density at radius 2 is 1.91 bits per heavy atom. The fourth-order valence-corrected chi connectivity index (χ4v) is 4.18. The number of benzene rings is 2. The molecule has 0 saturated carbocycles. The van der Waals surface area contributed by atoms with E-state index in [0.29, 0.717) is 17.3 Å². The lowest BCUT2D eigenvalue weighted by Gasteiger charge is -2.11. The van der Waals surface area contributed by atoms with Gasteiger partial charge in [-0.2, -0.15) is 0 Å². The zero-order valence-corrected chi connectivity index (χ0v) is 14.3. The van der Waals surface area contributed by atoms with E-state index in [4.69, 9.17) is 16.3 Å². The molecule has 0 bridgehead atoms. The van der Waals surface area contributed by atoms with Crippen molar-refractivity contribution in [3.05, 3.63) is 53.6 Å². The normalized spacial score (nSPS) is 11.4. The molecule has 0 saturated heterocycles. The highest BCUT2D eigenvalue weighted by Gasteiger charge is 2.19. The number of rotatable bonds is 7. The van der Waals surface area contributed by atoms with E-state index in [0.717, 1.165) is 4.90 Å². The second-order valence-corrected chi connectivity index (χ2v) is 7.69. The number of sulfonamides is 1. The van der Waals surface area contributed by atoms with Crippen LogP contribution in [0.4, 0.5) is 0 Å². The van der Waals surface area contributed by atoms with Gasteiger partial charge in [-0.05, 0) is 30.3 Å². The number of hydrogen-bond acceptors (Lipinski definition) is 4. The molecule has 0 spiro atoms. The summed E-state index contributed by atoms with van der Waals surface area (Å²) < 4.78 is 32.3. The van der Waals surface area contributed by atoms with Gasteiger partial charge in [-0.25, -0.2) is 13.1 Å². The average molecular weight is 358 g/mol. The lowest BCUT2D eigenvalue weighted by atomic mass is 10.3. The monoisotopic (exact) mass is 357 g/mol. The topological polar surface area (TPSA) is 55.4 Å². The Morgan fingerprint density at radius 3 is 2.59 bits per heavy atom. The molecule has 2 aromatic carbocycles. The zero-order chi connectivity index (χ0) is 16.0. The minimum atomic E-state index is -3.65. The van der Waals surface area contributed by atoms with Crippen LogP contribution in [-0.4, -0.2) is 27.8 Å². The summed E-state index contributed by atoms with van der Waals surface area (Å²) in [5.74, 6) is 0.902. The minimum Gasteiger partial charge on any atom is -0.495 e. The summed E-state index contributed by atoms with van der Waals surface area (Å²) in [7, 11) is -2.23. The number of thioether (sulfide) groups is 1. The summed E-state index contributed by atoms with van der Waals surface area (Å²) in [6.45, 7) is 0.317. The molecule has 0 fully saturated rings. The molecule has 0 aliphatic rings. The maximum Gasteiger partial charge on any atom is 0.244 e. The van der Waals surface area contributed by atoms with Crippen LogP contribution in [0.5, 0.6) is 5.75 Å². The molecule has 0 heterocycles. The quantitative estimate of drug-likeness (QED) is 0.609. The Balaban J connectivity index is 1.98. The molecular formula is C15H16ClNO3S2. The Morgan fingerprint density at radius 1 is 1.18 bits per heavy atom. The van der Waals surface area contributed by atoms with Crippen molar-refractivity contribution >= 4 is 33.4 Å². The molecule has 7 heteroatoms. The molecule has 0 aromatic heterocycles. The van der Waals surface area contributed by atoms with Crippen molar-refractivity contribution in [1.82, 2.24) is 4.72 Å². The molecule has 2 rings (SSSR count). The summed E-state index contributed by atoms with van der Waals surface area (Å²) in [4.78, 5) is 1.15. The largest absolute Gasteiger partial charge is 0.495 e. The highest BCUT2D eigenvalue weighted by molar-refractivity contribution is 7.99. The van der Waals surface area contributed by atoms with Crippen LogP contribution in [0, 0.1) is 0 Å². The van der Waals surface area contributed by atoms with Gasteiger partial charge >= 0.3 is 0 Å². The standard InChI is InChI=1S/C15H16ClNO3S2/c1-20-14-8-7-12(16)11-15(14)22(18,19)17-9-10-21-13-5-3-2-4-6-13/h2-8,11,17H,9-10H2,1H3. The van der Waals surface area contributed by atoms with Crippen molar-refractivity contribution in [3.63, 3.8) is 0 Å². The highest BCUT2D eigenvalue weighted by Crippen LogP contribution is 2.26. The third-order valence-corrected chi connectivity index (χ3v) is 5.55. The predicted molar refractivity (Wildman–Crippen MR) is 90.4 cm³/mol. The number of methoxy groups -OCH3 is 1. The average Bonchev–Trinajstić information content (AvgIpc) is 2.52. The van der Waals surface area contributed by atoms with Crippen molar-refractivity contribution in [2.45, 2.75) is 9.79 Å². The van der Waals surface area contributed by atoms with Gasteiger partial charge < -0.3 is 4.74 Å². The molecule has 22 heavy (non-hydrogen) atoms. The second kappa shape index (κ2) is 7.87. The third-order valence-electron chi connectivity index (χ3n) is 2.82. The Hall–Kier alpha value is -1.21. The molecule has 118 valence electrons. The van der Waals surface area contributed by atoms with Crippen LogP contribution in [-0.2, 0) is 10.0 Å². The van der Waals surface area contributed by atoms with Gasteiger partial charge in [0.05, 0.1) is 7.11 Å². The molecule has 0 radical (unpaired) electrons.